The lowest BCUT2D eigenvalue weighted by Gasteiger charge is -1.85. The monoisotopic (exact) mass is 166 g/mol. The summed E-state index contributed by atoms with van der Waals surface area (Å²) in [5.74, 6) is 0. The van der Waals surface area contributed by atoms with E-state index in [1.54, 1.807) is 13.4 Å². The van der Waals surface area contributed by atoms with E-state index < -0.39 is 0 Å². The molecule has 0 aliphatic carbocycles. The molecule has 0 aliphatic heterocycles. The molecule has 0 fully saturated rings. The smallest absolute Gasteiger partial charge is 0.0824 e. The van der Waals surface area contributed by atoms with Crippen molar-refractivity contribution >= 4 is 0 Å². The second-order valence-corrected chi connectivity index (χ2v) is 2.52. The molecule has 12 heavy (non-hydrogen) atoms. The summed E-state index contributed by atoms with van der Waals surface area (Å²) in [7, 11) is 1.64. The van der Waals surface area contributed by atoms with Crippen LogP contribution in [0.3, 0.4) is 0 Å². The largest absolute Gasteiger partial charge is 0.504 e. The minimum Gasteiger partial charge on any atom is -0.504 e. The molecule has 0 rings (SSSR count). The summed E-state index contributed by atoms with van der Waals surface area (Å²) in [6.07, 6.45) is 15.4. The zero-order chi connectivity index (χ0) is 9.07. The van der Waals surface area contributed by atoms with Gasteiger partial charge >= 0.3 is 0 Å². The maximum atomic E-state index is 4.73. The Morgan fingerprint density at radius 1 is 1.08 bits per heavy atom. The van der Waals surface area contributed by atoms with Crippen LogP contribution in [0.15, 0.2) is 36.6 Å². The molecule has 0 aliphatic rings. The summed E-state index contributed by atoms with van der Waals surface area (Å²) in [5, 5.41) is 0. The maximum absolute atomic E-state index is 4.73. The molecule has 0 unspecified atom stereocenters. The summed E-state index contributed by atoms with van der Waals surface area (Å²) >= 11 is 0. The first-order valence-corrected chi connectivity index (χ1v) is 4.43. The van der Waals surface area contributed by atoms with Crippen LogP contribution in [0.1, 0.15) is 26.2 Å². The molecule has 0 aromatic carbocycles. The molecule has 68 valence electrons. The first-order valence-electron chi connectivity index (χ1n) is 4.43. The number of rotatable bonds is 6. The van der Waals surface area contributed by atoms with E-state index in [2.05, 4.69) is 19.1 Å². The Labute approximate surface area is 75.4 Å². The summed E-state index contributed by atoms with van der Waals surface area (Å²) in [5.41, 5.74) is 0. The van der Waals surface area contributed by atoms with Crippen molar-refractivity contribution in [1.82, 2.24) is 0 Å². The third-order valence-electron chi connectivity index (χ3n) is 1.41. The summed E-state index contributed by atoms with van der Waals surface area (Å²) < 4.78 is 4.73. The first-order chi connectivity index (χ1) is 5.91. The summed E-state index contributed by atoms with van der Waals surface area (Å²) in [6, 6.07) is 0. The number of hydrogen-bond donors (Lipinski definition) is 0. The standard InChI is InChI=1S/C11H18O/c1-3-4-5-6-7-8-9-10-11-12-2/h6-11H,3-5H2,1-2H3. The molecular weight excluding hydrogens is 148 g/mol. The number of hydrogen-bond acceptors (Lipinski definition) is 1. The summed E-state index contributed by atoms with van der Waals surface area (Å²) in [6.45, 7) is 2.20. The fourth-order valence-corrected chi connectivity index (χ4v) is 0.749. The fourth-order valence-electron chi connectivity index (χ4n) is 0.749. The average Bonchev–Trinajstić information content (AvgIpc) is 2.10. The quantitative estimate of drug-likeness (QED) is 0.333. The van der Waals surface area contributed by atoms with Crippen molar-refractivity contribution in [2.24, 2.45) is 0 Å². The number of allylic oxidation sites excluding steroid dienone is 5. The number of ether oxygens (including phenoxy) is 1. The molecule has 0 saturated heterocycles. The number of unbranched alkanes of at least 4 members (excludes halogenated alkanes) is 2. The zero-order valence-corrected chi connectivity index (χ0v) is 7.99. The predicted octanol–water partition coefficient (Wildman–Crippen LogP) is 3.45. The van der Waals surface area contributed by atoms with Crippen molar-refractivity contribution < 1.29 is 4.74 Å². The molecule has 0 aromatic rings. The highest BCUT2D eigenvalue weighted by molar-refractivity contribution is 5.09. The van der Waals surface area contributed by atoms with Gasteiger partial charge in [-0.3, -0.25) is 0 Å². The first kappa shape index (κ1) is 11.0. The lowest BCUT2D eigenvalue weighted by Crippen LogP contribution is -1.65. The molecule has 0 amide bonds. The number of methoxy groups -OCH3 is 1. The van der Waals surface area contributed by atoms with Gasteiger partial charge in [0.15, 0.2) is 0 Å². The van der Waals surface area contributed by atoms with Gasteiger partial charge in [-0.1, -0.05) is 44.1 Å². The molecule has 0 aromatic heterocycles. The van der Waals surface area contributed by atoms with Gasteiger partial charge in [0.25, 0.3) is 0 Å². The van der Waals surface area contributed by atoms with Crippen molar-refractivity contribution in [3.05, 3.63) is 36.6 Å². The molecule has 0 heterocycles. The van der Waals surface area contributed by atoms with Crippen molar-refractivity contribution in [3.63, 3.8) is 0 Å². The van der Waals surface area contributed by atoms with Gasteiger partial charge in [-0.2, -0.15) is 0 Å². The highest BCUT2D eigenvalue weighted by Gasteiger charge is 1.74. The SMILES string of the molecule is CCCCC=CC=CC=COC. The molecule has 0 bridgehead atoms. The zero-order valence-electron chi connectivity index (χ0n) is 7.99. The molecule has 1 heteroatoms. The van der Waals surface area contributed by atoms with Gasteiger partial charge < -0.3 is 4.74 Å². The van der Waals surface area contributed by atoms with Crippen molar-refractivity contribution in [2.75, 3.05) is 7.11 Å². The Morgan fingerprint density at radius 2 is 1.83 bits per heavy atom. The molecule has 1 nitrogen and oxygen atoms in total. The van der Waals surface area contributed by atoms with Crippen LogP contribution in [0, 0.1) is 0 Å². The third-order valence-corrected chi connectivity index (χ3v) is 1.41. The summed E-state index contributed by atoms with van der Waals surface area (Å²) in [4.78, 5) is 0. The van der Waals surface area contributed by atoms with Gasteiger partial charge in [-0.25, -0.2) is 0 Å². The predicted molar refractivity (Wildman–Crippen MR) is 54.0 cm³/mol. The highest BCUT2D eigenvalue weighted by atomic mass is 16.5. The lowest BCUT2D eigenvalue weighted by molar-refractivity contribution is 0.338. The van der Waals surface area contributed by atoms with Gasteiger partial charge in [0.2, 0.25) is 0 Å². The van der Waals surface area contributed by atoms with Crippen molar-refractivity contribution in [3.8, 4) is 0 Å². The Morgan fingerprint density at radius 3 is 2.50 bits per heavy atom. The van der Waals surface area contributed by atoms with Crippen LogP contribution < -0.4 is 0 Å². The van der Waals surface area contributed by atoms with Crippen molar-refractivity contribution in [1.29, 1.82) is 0 Å². The maximum Gasteiger partial charge on any atom is 0.0824 e. The Bertz CT molecular complexity index is 154. The van der Waals surface area contributed by atoms with Crippen molar-refractivity contribution in [2.45, 2.75) is 26.2 Å². The topological polar surface area (TPSA) is 9.23 Å². The van der Waals surface area contributed by atoms with Crippen LogP contribution in [0.2, 0.25) is 0 Å². The molecule has 0 radical (unpaired) electrons. The van der Waals surface area contributed by atoms with Gasteiger partial charge in [0.1, 0.15) is 0 Å². The van der Waals surface area contributed by atoms with Crippen LogP contribution in [-0.2, 0) is 4.74 Å². The van der Waals surface area contributed by atoms with Crippen LogP contribution in [0.5, 0.6) is 0 Å². The van der Waals surface area contributed by atoms with E-state index >= 15 is 0 Å². The minimum absolute atomic E-state index is 1.18. The van der Waals surface area contributed by atoms with Crippen LogP contribution in [-0.4, -0.2) is 7.11 Å². The highest BCUT2D eigenvalue weighted by Crippen LogP contribution is 1.94. The van der Waals surface area contributed by atoms with Gasteiger partial charge in [0.05, 0.1) is 13.4 Å². The van der Waals surface area contributed by atoms with Crippen LogP contribution >= 0.6 is 0 Å². The minimum atomic E-state index is 1.18. The Hall–Kier alpha value is -0.980. The lowest BCUT2D eigenvalue weighted by atomic mass is 10.2. The fraction of sp³-hybridized carbons (Fsp3) is 0.455. The Kier molecular flexibility index (Phi) is 9.20. The third kappa shape index (κ3) is 9.02. The molecule has 0 saturated carbocycles. The van der Waals surface area contributed by atoms with E-state index in [0.717, 1.165) is 0 Å². The second kappa shape index (κ2) is 10.0. The molecule has 0 spiro atoms. The van der Waals surface area contributed by atoms with Gasteiger partial charge in [-0.15, -0.1) is 0 Å². The van der Waals surface area contributed by atoms with Crippen LogP contribution in [0.25, 0.3) is 0 Å². The normalized spacial score (nSPS) is 12.2. The second-order valence-electron chi connectivity index (χ2n) is 2.52. The van der Waals surface area contributed by atoms with E-state index in [4.69, 9.17) is 4.74 Å². The van der Waals surface area contributed by atoms with E-state index in [0.29, 0.717) is 0 Å². The molecular formula is C11H18O. The van der Waals surface area contributed by atoms with Crippen LogP contribution in [0.4, 0.5) is 0 Å². The molecule has 0 N–H and O–H groups in total. The van der Waals surface area contributed by atoms with E-state index in [1.165, 1.54) is 19.3 Å². The van der Waals surface area contributed by atoms with Gasteiger partial charge in [0, 0.05) is 0 Å². The van der Waals surface area contributed by atoms with E-state index in [9.17, 15) is 0 Å². The average molecular weight is 166 g/mol. The molecule has 0 atom stereocenters. The van der Waals surface area contributed by atoms with Gasteiger partial charge in [-0.05, 0) is 12.5 Å². The van der Waals surface area contributed by atoms with E-state index in [-0.39, 0.29) is 0 Å². The van der Waals surface area contributed by atoms with E-state index in [1.807, 2.05) is 18.2 Å². The Balaban J connectivity index is 3.32.